The second kappa shape index (κ2) is 13.3. The molecule has 0 bridgehead atoms. The lowest BCUT2D eigenvalue weighted by molar-refractivity contribution is 0.178. The third kappa shape index (κ3) is 7.70. The number of sulfonamides is 1. The molecule has 192 valence electrons. The quantitative estimate of drug-likeness (QED) is 0.293. The van der Waals surface area contributed by atoms with E-state index in [1.54, 1.807) is 42.5 Å². The molecule has 6 heteroatoms. The van der Waals surface area contributed by atoms with Crippen molar-refractivity contribution in [1.82, 2.24) is 0 Å². The zero-order valence-corrected chi connectivity index (χ0v) is 22.2. The molecular weight excluding hydrogens is 470 g/mol. The number of nitrogens with zero attached hydrogens (tertiary/aromatic N) is 1. The van der Waals surface area contributed by atoms with Crippen molar-refractivity contribution in [2.45, 2.75) is 51.0 Å². The van der Waals surface area contributed by atoms with Crippen molar-refractivity contribution < 1.29 is 18.3 Å². The third-order valence-corrected chi connectivity index (χ3v) is 7.50. The number of para-hydroxylation sites is 1. The number of benzene rings is 3. The van der Waals surface area contributed by atoms with Crippen LogP contribution in [0.1, 0.15) is 44.7 Å². The molecule has 0 spiro atoms. The summed E-state index contributed by atoms with van der Waals surface area (Å²) in [6.45, 7) is 6.90. The van der Waals surface area contributed by atoms with Crippen molar-refractivity contribution >= 4 is 21.8 Å². The minimum absolute atomic E-state index is 0.145. The number of aliphatic hydroxyl groups excluding tert-OH is 1. The van der Waals surface area contributed by atoms with E-state index in [1.165, 1.54) is 9.87 Å². The number of aryl methyl sites for hydroxylation is 1. The number of hydrogen-bond donors (Lipinski definition) is 1. The summed E-state index contributed by atoms with van der Waals surface area (Å²) in [5.41, 5.74) is 2.59. The van der Waals surface area contributed by atoms with E-state index in [0.29, 0.717) is 25.3 Å². The number of hydrogen-bond acceptors (Lipinski definition) is 4. The molecule has 0 saturated carbocycles. The maximum Gasteiger partial charge on any atom is 0.264 e. The normalized spacial score (nSPS) is 12.7. The first-order valence-corrected chi connectivity index (χ1v) is 14.0. The lowest BCUT2D eigenvalue weighted by Crippen LogP contribution is -2.34. The van der Waals surface area contributed by atoms with Gasteiger partial charge in [-0.15, -0.1) is 0 Å². The van der Waals surface area contributed by atoms with Gasteiger partial charge in [-0.1, -0.05) is 87.9 Å². The fourth-order valence-electron chi connectivity index (χ4n) is 3.91. The van der Waals surface area contributed by atoms with Gasteiger partial charge in [0.1, 0.15) is 5.75 Å². The Morgan fingerprint density at radius 1 is 0.972 bits per heavy atom. The van der Waals surface area contributed by atoms with Crippen LogP contribution in [0.2, 0.25) is 0 Å². The summed E-state index contributed by atoms with van der Waals surface area (Å²) in [6.07, 6.45) is 5.33. The first-order valence-electron chi connectivity index (χ1n) is 12.6. The fourth-order valence-corrected chi connectivity index (χ4v) is 5.55. The van der Waals surface area contributed by atoms with Crippen molar-refractivity contribution in [3.63, 3.8) is 0 Å². The Labute approximate surface area is 216 Å². The molecule has 3 aromatic rings. The van der Waals surface area contributed by atoms with E-state index < -0.39 is 16.1 Å². The van der Waals surface area contributed by atoms with Crippen molar-refractivity contribution in [3.05, 3.63) is 96.1 Å². The lowest BCUT2D eigenvalue weighted by atomic mass is 10.1. The average molecular weight is 508 g/mol. The second-order valence-electron chi connectivity index (χ2n) is 9.26. The van der Waals surface area contributed by atoms with Crippen LogP contribution in [0.15, 0.2) is 89.8 Å². The number of rotatable bonds is 13. The Morgan fingerprint density at radius 3 is 2.42 bits per heavy atom. The molecule has 0 fully saturated rings. The van der Waals surface area contributed by atoms with Gasteiger partial charge < -0.3 is 9.84 Å². The highest BCUT2D eigenvalue weighted by Crippen LogP contribution is 2.26. The van der Waals surface area contributed by atoms with Crippen LogP contribution in [0.3, 0.4) is 0 Å². The van der Waals surface area contributed by atoms with E-state index in [-0.39, 0.29) is 10.8 Å². The minimum atomic E-state index is -3.70. The number of aliphatic hydroxyl groups is 1. The average Bonchev–Trinajstić information content (AvgIpc) is 2.88. The van der Waals surface area contributed by atoms with E-state index in [1.807, 2.05) is 56.3 Å². The van der Waals surface area contributed by atoms with Gasteiger partial charge in [0.25, 0.3) is 10.0 Å². The molecule has 1 atom stereocenters. The summed E-state index contributed by atoms with van der Waals surface area (Å²) in [5, 5.41) is 10.5. The van der Waals surface area contributed by atoms with Gasteiger partial charge in [0.05, 0.1) is 23.3 Å². The van der Waals surface area contributed by atoms with Crippen LogP contribution in [0.25, 0.3) is 6.08 Å². The molecule has 0 heterocycles. The summed E-state index contributed by atoms with van der Waals surface area (Å²) < 4.78 is 34.2. The van der Waals surface area contributed by atoms with Gasteiger partial charge >= 0.3 is 0 Å². The topological polar surface area (TPSA) is 66.8 Å². The maximum absolute atomic E-state index is 13.4. The molecule has 3 rings (SSSR count). The van der Waals surface area contributed by atoms with Crippen LogP contribution in [0.4, 0.5) is 5.69 Å². The Bertz CT molecular complexity index is 1220. The highest BCUT2D eigenvalue weighted by atomic mass is 32.2. The Morgan fingerprint density at radius 2 is 1.69 bits per heavy atom. The van der Waals surface area contributed by atoms with E-state index in [9.17, 15) is 13.5 Å². The van der Waals surface area contributed by atoms with Gasteiger partial charge in [0, 0.05) is 13.0 Å². The van der Waals surface area contributed by atoms with Crippen LogP contribution in [-0.4, -0.2) is 32.8 Å². The first-order chi connectivity index (χ1) is 17.3. The number of ether oxygens (including phenoxy) is 1. The molecule has 1 N–H and O–H groups in total. The molecule has 0 saturated heterocycles. The van der Waals surface area contributed by atoms with E-state index >= 15 is 0 Å². The van der Waals surface area contributed by atoms with Crippen molar-refractivity contribution in [3.8, 4) is 5.75 Å². The molecule has 0 aliphatic heterocycles. The number of anilines is 1. The van der Waals surface area contributed by atoms with Crippen LogP contribution in [-0.2, 0) is 16.4 Å². The molecule has 0 aromatic heterocycles. The van der Waals surface area contributed by atoms with Crippen LogP contribution < -0.4 is 9.04 Å². The van der Waals surface area contributed by atoms with Gasteiger partial charge in [-0.25, -0.2) is 8.42 Å². The summed E-state index contributed by atoms with van der Waals surface area (Å²) in [5.74, 6) is 1.01. The predicted octanol–water partition coefficient (Wildman–Crippen LogP) is 6.33. The monoisotopic (exact) mass is 507 g/mol. The first kappa shape index (κ1) is 27.5. The second-order valence-corrected chi connectivity index (χ2v) is 11.1. The van der Waals surface area contributed by atoms with Gasteiger partial charge in [-0.2, -0.15) is 0 Å². The molecule has 36 heavy (non-hydrogen) atoms. The molecule has 0 aliphatic rings. The Balaban J connectivity index is 1.69. The largest absolute Gasteiger partial charge is 0.493 e. The third-order valence-electron chi connectivity index (χ3n) is 5.69. The minimum Gasteiger partial charge on any atom is -0.493 e. The summed E-state index contributed by atoms with van der Waals surface area (Å²) in [6, 6.07) is 23.9. The molecule has 0 aliphatic carbocycles. The van der Waals surface area contributed by atoms with Crippen molar-refractivity contribution in [2.24, 2.45) is 5.92 Å². The van der Waals surface area contributed by atoms with Crippen LogP contribution >= 0.6 is 0 Å². The zero-order chi connectivity index (χ0) is 26.0. The van der Waals surface area contributed by atoms with E-state index in [4.69, 9.17) is 4.74 Å². The molecule has 0 radical (unpaired) electrons. The predicted molar refractivity (Wildman–Crippen MR) is 148 cm³/mol. The molecular formula is C30H37NO4S. The summed E-state index contributed by atoms with van der Waals surface area (Å²) >= 11 is 0. The maximum atomic E-state index is 13.4. The van der Waals surface area contributed by atoms with E-state index in [2.05, 4.69) is 13.0 Å². The lowest BCUT2D eigenvalue weighted by Gasteiger charge is -2.26. The Kier molecular flexibility index (Phi) is 10.1. The van der Waals surface area contributed by atoms with Crippen LogP contribution in [0, 0.1) is 5.92 Å². The molecule has 5 nitrogen and oxygen atoms in total. The highest BCUT2D eigenvalue weighted by Gasteiger charge is 2.25. The van der Waals surface area contributed by atoms with Crippen LogP contribution in [0.5, 0.6) is 5.75 Å². The molecule has 0 amide bonds. The van der Waals surface area contributed by atoms with E-state index in [0.717, 1.165) is 24.2 Å². The van der Waals surface area contributed by atoms with Gasteiger partial charge in [0.2, 0.25) is 0 Å². The summed E-state index contributed by atoms with van der Waals surface area (Å²) in [7, 11) is -3.70. The van der Waals surface area contributed by atoms with Crippen molar-refractivity contribution in [1.29, 1.82) is 0 Å². The Hall–Kier alpha value is -3.09. The van der Waals surface area contributed by atoms with Gasteiger partial charge in [-0.3, -0.25) is 4.31 Å². The van der Waals surface area contributed by atoms with Gasteiger partial charge in [-0.05, 0) is 53.8 Å². The fraction of sp³-hybridized carbons (Fsp3) is 0.333. The van der Waals surface area contributed by atoms with Crippen molar-refractivity contribution in [2.75, 3.05) is 17.5 Å². The summed E-state index contributed by atoms with van der Waals surface area (Å²) in [4.78, 5) is 0.266. The zero-order valence-electron chi connectivity index (χ0n) is 21.4. The smallest absolute Gasteiger partial charge is 0.264 e. The highest BCUT2D eigenvalue weighted by molar-refractivity contribution is 7.92. The molecule has 0 unspecified atom stereocenters. The standard InChI is InChI=1S/C30H37NO4S/c1-4-11-26-13-8-9-17-30(26)35-21-20-28(32)19-18-25-12-10-14-27(22-25)31(23-24(2)3)36(33,34)29-15-6-5-7-16-29/h5-10,12-19,22,24,28,32H,4,11,20-21,23H2,1-3H3/b19-18+/t28-/m0/s1. The SMILES string of the molecule is CCCc1ccccc1OCC[C@@H](O)/C=C/c1cccc(N(CC(C)C)S(=O)(=O)c2ccccc2)c1. The molecule has 3 aromatic carbocycles. The van der Waals surface area contributed by atoms with Gasteiger partial charge in [0.15, 0.2) is 0 Å².